The number of hydrogen-bond donors (Lipinski definition) is 1. The van der Waals surface area contributed by atoms with E-state index in [0.29, 0.717) is 42.1 Å². The fraction of sp³-hybridized carbons (Fsp3) is 0.636. The molecule has 1 aromatic rings. The van der Waals surface area contributed by atoms with E-state index in [1.54, 1.807) is 9.80 Å². The quantitative estimate of drug-likeness (QED) is 0.544. The molecule has 0 saturated carbocycles. The Bertz CT molecular complexity index is 983. The number of carbonyl (C=O) groups excluding carboxylic acids is 2. The van der Waals surface area contributed by atoms with Gasteiger partial charge >= 0.3 is 24.6 Å². The average Bonchev–Trinajstić information content (AvgIpc) is 2.81. The zero-order chi connectivity index (χ0) is 28.5. The number of piperidine rings is 1. The van der Waals surface area contributed by atoms with Crippen molar-refractivity contribution in [3.63, 3.8) is 0 Å². The van der Waals surface area contributed by atoms with Gasteiger partial charge < -0.3 is 20.3 Å². The van der Waals surface area contributed by atoms with Crippen molar-refractivity contribution in [2.75, 3.05) is 44.2 Å². The number of amides is 2. The molecule has 2 heterocycles. The lowest BCUT2D eigenvalue weighted by Gasteiger charge is -2.37. The molecule has 0 aromatic heterocycles. The van der Waals surface area contributed by atoms with Gasteiger partial charge in [0.05, 0.1) is 5.56 Å². The summed E-state index contributed by atoms with van der Waals surface area (Å²) in [6.45, 7) is 0.259. The zero-order valence-electron chi connectivity index (χ0n) is 19.8. The minimum Gasteiger partial charge on any atom is -0.426 e. The molecule has 0 unspecified atom stereocenters. The Kier molecular flexibility index (Phi) is 8.63. The van der Waals surface area contributed by atoms with Gasteiger partial charge in [0.25, 0.3) is 6.10 Å². The van der Waals surface area contributed by atoms with Gasteiger partial charge in [-0.1, -0.05) is 6.07 Å². The molecule has 0 radical (unpaired) electrons. The maximum Gasteiger partial charge on any atom is 0.434 e. The van der Waals surface area contributed by atoms with Crippen LogP contribution in [0.4, 0.5) is 50.0 Å². The number of nitrogens with zero attached hydrogens (tertiary/aromatic N) is 3. The smallest absolute Gasteiger partial charge is 0.426 e. The molecule has 0 aliphatic carbocycles. The molecule has 38 heavy (non-hydrogen) atoms. The summed E-state index contributed by atoms with van der Waals surface area (Å²) in [4.78, 5) is 27.5. The molecule has 0 atom stereocenters. The fourth-order valence-corrected chi connectivity index (χ4v) is 4.40. The van der Waals surface area contributed by atoms with Crippen molar-refractivity contribution in [1.29, 1.82) is 0 Å². The highest BCUT2D eigenvalue weighted by molar-refractivity contribution is 5.77. The Morgan fingerprint density at radius 3 is 1.92 bits per heavy atom. The number of benzene rings is 1. The van der Waals surface area contributed by atoms with Crippen molar-refractivity contribution in [1.82, 2.24) is 9.80 Å². The van der Waals surface area contributed by atoms with Crippen molar-refractivity contribution in [3.8, 4) is 0 Å². The van der Waals surface area contributed by atoms with Crippen LogP contribution < -0.4 is 10.6 Å². The van der Waals surface area contributed by atoms with Crippen LogP contribution in [0, 0.1) is 5.92 Å². The largest absolute Gasteiger partial charge is 0.434 e. The average molecular weight is 564 g/mol. The number of rotatable bonds is 5. The molecule has 0 bridgehead atoms. The van der Waals surface area contributed by atoms with Crippen LogP contribution in [0.5, 0.6) is 0 Å². The number of halogens is 9. The van der Waals surface area contributed by atoms with E-state index in [-0.39, 0.29) is 38.6 Å². The number of anilines is 1. The van der Waals surface area contributed by atoms with Crippen LogP contribution in [-0.4, -0.2) is 79.5 Å². The maximum absolute atomic E-state index is 13.4. The van der Waals surface area contributed by atoms with Crippen molar-refractivity contribution in [2.45, 2.75) is 44.0 Å². The highest BCUT2D eigenvalue weighted by Gasteiger charge is 2.60. The predicted molar refractivity (Wildman–Crippen MR) is 115 cm³/mol. The number of ether oxygens (including phenoxy) is 1. The molecule has 214 valence electrons. The van der Waals surface area contributed by atoms with Gasteiger partial charge in [-0.2, -0.15) is 39.5 Å². The van der Waals surface area contributed by atoms with E-state index >= 15 is 0 Å². The molecule has 2 fully saturated rings. The molecule has 2 N–H and O–H groups in total. The molecule has 7 nitrogen and oxygen atoms in total. The standard InChI is InChI=1S/C22H25F9N4O3/c23-20(24,25)15-2-1-14(16(11-15)34-5-3-13(4-6-34)17(32)36)12-33-7-9-35(10-8-33)19(37)38-18(21(26,27)28)22(29,30)31/h1-2,11,13,18H,3-10,12H2,(H2,32,36). The van der Waals surface area contributed by atoms with Crippen molar-refractivity contribution < 1.29 is 53.8 Å². The second-order valence-corrected chi connectivity index (χ2v) is 9.12. The van der Waals surface area contributed by atoms with Crippen LogP contribution in [0.2, 0.25) is 0 Å². The minimum atomic E-state index is -5.83. The molecule has 2 aliphatic heterocycles. The van der Waals surface area contributed by atoms with E-state index < -0.39 is 42.2 Å². The molecule has 2 saturated heterocycles. The first-order valence-corrected chi connectivity index (χ1v) is 11.5. The summed E-state index contributed by atoms with van der Waals surface area (Å²) in [7, 11) is 0. The van der Waals surface area contributed by atoms with Gasteiger partial charge in [0.2, 0.25) is 5.91 Å². The summed E-state index contributed by atoms with van der Waals surface area (Å²) in [6.07, 6.45) is -21.6. The van der Waals surface area contributed by atoms with Gasteiger partial charge in [0, 0.05) is 57.4 Å². The highest BCUT2D eigenvalue weighted by atomic mass is 19.4. The van der Waals surface area contributed by atoms with Gasteiger partial charge in [0.1, 0.15) is 0 Å². The second-order valence-electron chi connectivity index (χ2n) is 9.12. The first-order chi connectivity index (χ1) is 17.5. The molecule has 1 aromatic carbocycles. The van der Waals surface area contributed by atoms with Crippen LogP contribution in [-0.2, 0) is 22.3 Å². The number of carbonyl (C=O) groups is 2. The van der Waals surface area contributed by atoms with E-state index in [1.165, 1.54) is 6.07 Å². The number of primary amides is 1. The van der Waals surface area contributed by atoms with Crippen molar-refractivity contribution in [3.05, 3.63) is 29.3 Å². The SMILES string of the molecule is NC(=O)C1CCN(c2cc(C(F)(F)F)ccc2CN2CCN(C(=O)OC(C(F)(F)F)C(F)(F)F)CC2)CC1. The Morgan fingerprint density at radius 2 is 1.45 bits per heavy atom. The fourth-order valence-electron chi connectivity index (χ4n) is 4.40. The van der Waals surface area contributed by atoms with E-state index in [1.807, 2.05) is 0 Å². The lowest BCUT2D eigenvalue weighted by molar-refractivity contribution is -0.308. The molecule has 16 heteroatoms. The summed E-state index contributed by atoms with van der Waals surface area (Å²) in [6, 6.07) is 3.22. The Balaban J connectivity index is 1.68. The van der Waals surface area contributed by atoms with Crippen molar-refractivity contribution in [2.24, 2.45) is 11.7 Å². The van der Waals surface area contributed by atoms with Crippen molar-refractivity contribution >= 4 is 17.7 Å². The molecular weight excluding hydrogens is 539 g/mol. The van der Waals surface area contributed by atoms with Crippen LogP contribution in [0.15, 0.2) is 18.2 Å². The lowest BCUT2D eigenvalue weighted by atomic mass is 9.95. The number of piperazine rings is 1. The Hall–Kier alpha value is -2.91. The first-order valence-electron chi connectivity index (χ1n) is 11.5. The number of nitrogens with two attached hydrogens (primary N) is 1. The zero-order valence-corrected chi connectivity index (χ0v) is 19.8. The number of hydrogen-bond acceptors (Lipinski definition) is 5. The summed E-state index contributed by atoms with van der Waals surface area (Å²) in [5.41, 5.74) is 5.25. The minimum absolute atomic E-state index is 0.0298. The Labute approximate surface area is 211 Å². The van der Waals surface area contributed by atoms with E-state index in [2.05, 4.69) is 4.74 Å². The topological polar surface area (TPSA) is 79.1 Å². The lowest BCUT2D eigenvalue weighted by Crippen LogP contribution is -2.52. The summed E-state index contributed by atoms with van der Waals surface area (Å²) < 4.78 is 120. The van der Waals surface area contributed by atoms with E-state index in [0.717, 1.165) is 12.1 Å². The molecular formula is C22H25F9N4O3. The normalized spacial score (nSPS) is 18.7. The summed E-state index contributed by atoms with van der Waals surface area (Å²) in [5.74, 6) is -0.871. The third-order valence-electron chi connectivity index (χ3n) is 6.49. The third kappa shape index (κ3) is 7.35. The second kappa shape index (κ2) is 11.1. The van der Waals surface area contributed by atoms with Gasteiger partial charge in [-0.25, -0.2) is 4.79 Å². The van der Waals surface area contributed by atoms with Gasteiger partial charge in [-0.3, -0.25) is 9.69 Å². The maximum atomic E-state index is 13.4. The molecule has 0 spiro atoms. The van der Waals surface area contributed by atoms with Gasteiger partial charge in [-0.15, -0.1) is 0 Å². The third-order valence-corrected chi connectivity index (χ3v) is 6.49. The van der Waals surface area contributed by atoms with Crippen LogP contribution in [0.1, 0.15) is 24.0 Å². The van der Waals surface area contributed by atoms with Gasteiger partial charge in [0.15, 0.2) is 0 Å². The summed E-state index contributed by atoms with van der Waals surface area (Å²) in [5, 5.41) is 0. The highest BCUT2D eigenvalue weighted by Crippen LogP contribution is 2.37. The molecule has 2 aliphatic rings. The first kappa shape index (κ1) is 29.6. The Morgan fingerprint density at radius 1 is 0.895 bits per heavy atom. The van der Waals surface area contributed by atoms with E-state index in [4.69, 9.17) is 5.73 Å². The molecule has 2 amide bonds. The summed E-state index contributed by atoms with van der Waals surface area (Å²) >= 11 is 0. The van der Waals surface area contributed by atoms with Gasteiger partial charge in [-0.05, 0) is 30.5 Å². The monoisotopic (exact) mass is 564 g/mol. The van der Waals surface area contributed by atoms with Crippen LogP contribution in [0.3, 0.4) is 0 Å². The van der Waals surface area contributed by atoms with E-state index in [9.17, 15) is 49.1 Å². The van der Waals surface area contributed by atoms with Crippen LogP contribution >= 0.6 is 0 Å². The number of alkyl halides is 9. The van der Waals surface area contributed by atoms with Crippen LogP contribution in [0.25, 0.3) is 0 Å². The predicted octanol–water partition coefficient (Wildman–Crippen LogP) is 4.15. The molecule has 3 rings (SSSR count).